The van der Waals surface area contributed by atoms with E-state index in [1.165, 1.54) is 95.7 Å². The van der Waals surface area contributed by atoms with Crippen molar-refractivity contribution in [3.63, 3.8) is 0 Å². The summed E-state index contributed by atoms with van der Waals surface area (Å²) in [5.74, 6) is 0.769. The number of aromatic nitrogens is 1. The molecule has 0 fully saturated rings. The summed E-state index contributed by atoms with van der Waals surface area (Å²) in [6, 6.07) is 4.41. The van der Waals surface area contributed by atoms with E-state index in [0.29, 0.717) is 0 Å². The van der Waals surface area contributed by atoms with Crippen molar-refractivity contribution in [2.45, 2.75) is 104 Å². The number of aryl methyl sites for hydroxylation is 2. The van der Waals surface area contributed by atoms with E-state index in [4.69, 9.17) is 0 Å². The Hall–Kier alpha value is -1.44. The molecule has 1 aliphatic heterocycles. The Bertz CT molecular complexity index is 588. The number of hydrogen-bond donors (Lipinski definition) is 0. The molecule has 2 heterocycles. The number of unbranched alkanes of at least 4 members (excludes halogenated alkanes) is 9. The maximum atomic E-state index is 2.44. The van der Waals surface area contributed by atoms with Crippen LogP contribution < -0.4 is 4.57 Å². The lowest BCUT2D eigenvalue weighted by atomic mass is 10.0. The van der Waals surface area contributed by atoms with Crippen molar-refractivity contribution >= 4 is 6.21 Å². The van der Waals surface area contributed by atoms with Gasteiger partial charge in [0.15, 0.2) is 18.6 Å². The lowest BCUT2D eigenvalue weighted by molar-refractivity contribution is -0.697. The molecule has 0 amide bonds. The quantitative estimate of drug-likeness (QED) is 0.242. The standard InChI is InChI=1S/C26H44N2/c1-3-25-17-15-21-27(23-25)19-13-11-9-7-5-6-8-10-12-14-20-28-22-16-18-26(4-2)24-28/h15-17,21-24,26H,3-14,18-20H2,1-2H3/q+2. The highest BCUT2D eigenvalue weighted by atomic mass is 15.0. The summed E-state index contributed by atoms with van der Waals surface area (Å²) < 4.78 is 4.78. The molecule has 2 nitrogen and oxygen atoms in total. The van der Waals surface area contributed by atoms with Gasteiger partial charge in [0.1, 0.15) is 19.3 Å². The SMILES string of the molecule is CCc1ccc[n+](CCCCCCCCCCCC[N+]2=CC(CC)CC=C2)c1. The van der Waals surface area contributed by atoms with Crippen LogP contribution in [0.1, 0.15) is 96.5 Å². The fourth-order valence-corrected chi connectivity index (χ4v) is 4.10. The van der Waals surface area contributed by atoms with Gasteiger partial charge in [-0.1, -0.05) is 52.4 Å². The van der Waals surface area contributed by atoms with Gasteiger partial charge in [-0.2, -0.15) is 0 Å². The van der Waals surface area contributed by atoms with Crippen molar-refractivity contribution in [2.75, 3.05) is 6.54 Å². The van der Waals surface area contributed by atoms with Gasteiger partial charge in [-0.05, 0) is 44.2 Å². The normalized spacial score (nSPS) is 16.4. The molecule has 0 saturated heterocycles. The van der Waals surface area contributed by atoms with Crippen LogP contribution in [0.3, 0.4) is 0 Å². The highest BCUT2D eigenvalue weighted by molar-refractivity contribution is 5.56. The third kappa shape index (κ3) is 9.66. The lowest BCUT2D eigenvalue weighted by Crippen LogP contribution is -2.33. The second kappa shape index (κ2) is 14.5. The zero-order valence-electron chi connectivity index (χ0n) is 18.6. The van der Waals surface area contributed by atoms with Crippen LogP contribution >= 0.6 is 0 Å². The second-order valence-electron chi connectivity index (χ2n) is 8.51. The molecule has 1 aromatic rings. The van der Waals surface area contributed by atoms with Crippen LogP contribution in [0.25, 0.3) is 0 Å². The van der Waals surface area contributed by atoms with Crippen LogP contribution in [-0.4, -0.2) is 17.3 Å². The lowest BCUT2D eigenvalue weighted by Gasteiger charge is -2.09. The van der Waals surface area contributed by atoms with E-state index in [2.05, 4.69) is 66.0 Å². The Labute approximate surface area is 174 Å². The Kier molecular flexibility index (Phi) is 11.9. The molecular weight excluding hydrogens is 340 g/mol. The van der Waals surface area contributed by atoms with Crippen LogP contribution in [0.15, 0.2) is 36.8 Å². The Balaban J connectivity index is 1.37. The molecule has 0 spiro atoms. The molecular formula is C26H44N2+2. The van der Waals surface area contributed by atoms with E-state index in [9.17, 15) is 0 Å². The van der Waals surface area contributed by atoms with Crippen molar-refractivity contribution in [1.82, 2.24) is 0 Å². The molecule has 0 aromatic carbocycles. The van der Waals surface area contributed by atoms with Gasteiger partial charge in [0.2, 0.25) is 0 Å². The molecule has 28 heavy (non-hydrogen) atoms. The summed E-state index contributed by atoms with van der Waals surface area (Å²) in [6.45, 7) is 6.91. The zero-order valence-corrected chi connectivity index (χ0v) is 18.6. The number of allylic oxidation sites excluding steroid dienone is 1. The van der Waals surface area contributed by atoms with Gasteiger partial charge in [-0.3, -0.25) is 0 Å². The van der Waals surface area contributed by atoms with E-state index in [1.54, 1.807) is 0 Å². The molecule has 1 aromatic heterocycles. The van der Waals surface area contributed by atoms with Gasteiger partial charge in [-0.25, -0.2) is 9.14 Å². The average Bonchev–Trinajstić information content (AvgIpc) is 2.74. The van der Waals surface area contributed by atoms with Crippen molar-refractivity contribution < 1.29 is 9.14 Å². The maximum absolute atomic E-state index is 2.44. The maximum Gasteiger partial charge on any atom is 0.171 e. The van der Waals surface area contributed by atoms with Gasteiger partial charge >= 0.3 is 0 Å². The summed E-state index contributed by atoms with van der Waals surface area (Å²) in [4.78, 5) is 0. The predicted octanol–water partition coefficient (Wildman–Crippen LogP) is 6.46. The summed E-state index contributed by atoms with van der Waals surface area (Å²) in [7, 11) is 0. The van der Waals surface area contributed by atoms with Crippen molar-refractivity contribution in [3.8, 4) is 0 Å². The molecule has 1 aliphatic rings. The largest absolute Gasteiger partial charge is 0.209 e. The van der Waals surface area contributed by atoms with Crippen LogP contribution in [0.2, 0.25) is 0 Å². The molecule has 1 atom stereocenters. The van der Waals surface area contributed by atoms with Gasteiger partial charge in [0.25, 0.3) is 0 Å². The zero-order chi connectivity index (χ0) is 19.9. The number of rotatable bonds is 15. The fraction of sp³-hybridized carbons (Fsp3) is 0.692. The summed E-state index contributed by atoms with van der Waals surface area (Å²) >= 11 is 0. The van der Waals surface area contributed by atoms with Crippen LogP contribution in [0.5, 0.6) is 0 Å². The number of pyridine rings is 1. The van der Waals surface area contributed by atoms with E-state index in [1.807, 2.05) is 0 Å². The molecule has 0 N–H and O–H groups in total. The molecule has 2 rings (SSSR count). The fourth-order valence-electron chi connectivity index (χ4n) is 4.10. The third-order valence-electron chi connectivity index (χ3n) is 6.07. The molecule has 156 valence electrons. The van der Waals surface area contributed by atoms with Gasteiger partial charge in [0, 0.05) is 30.4 Å². The van der Waals surface area contributed by atoms with Crippen molar-refractivity contribution in [2.24, 2.45) is 5.92 Å². The highest BCUT2D eigenvalue weighted by Crippen LogP contribution is 2.13. The smallest absolute Gasteiger partial charge is 0.171 e. The van der Waals surface area contributed by atoms with Gasteiger partial charge < -0.3 is 0 Å². The van der Waals surface area contributed by atoms with Crippen LogP contribution in [0.4, 0.5) is 0 Å². The van der Waals surface area contributed by atoms with Crippen molar-refractivity contribution in [3.05, 3.63) is 42.4 Å². The predicted molar refractivity (Wildman–Crippen MR) is 121 cm³/mol. The first-order valence-electron chi connectivity index (χ1n) is 12.1. The number of nitrogens with zero attached hydrogens (tertiary/aromatic N) is 2. The highest BCUT2D eigenvalue weighted by Gasteiger charge is 2.12. The third-order valence-corrected chi connectivity index (χ3v) is 6.07. The first kappa shape index (κ1) is 22.8. The van der Waals surface area contributed by atoms with Gasteiger partial charge in [0.05, 0.1) is 0 Å². The first-order chi connectivity index (χ1) is 13.8. The minimum atomic E-state index is 0.769. The Morgan fingerprint density at radius 2 is 1.50 bits per heavy atom. The van der Waals surface area contributed by atoms with Crippen LogP contribution in [0, 0.1) is 5.92 Å². The first-order valence-corrected chi connectivity index (χ1v) is 12.1. The topological polar surface area (TPSA) is 6.89 Å². The molecule has 0 saturated carbocycles. The van der Waals surface area contributed by atoms with Gasteiger partial charge in [-0.15, -0.1) is 0 Å². The Morgan fingerprint density at radius 3 is 2.14 bits per heavy atom. The Morgan fingerprint density at radius 1 is 0.857 bits per heavy atom. The van der Waals surface area contributed by atoms with Crippen molar-refractivity contribution in [1.29, 1.82) is 0 Å². The number of hydrogen-bond acceptors (Lipinski definition) is 0. The monoisotopic (exact) mass is 384 g/mol. The average molecular weight is 385 g/mol. The molecule has 1 unspecified atom stereocenters. The molecule has 0 aliphatic carbocycles. The minimum Gasteiger partial charge on any atom is -0.209 e. The summed E-state index contributed by atoms with van der Waals surface area (Å²) in [6.07, 6.45) is 29.2. The van der Waals surface area contributed by atoms with E-state index in [-0.39, 0.29) is 0 Å². The van der Waals surface area contributed by atoms with E-state index in [0.717, 1.165) is 12.3 Å². The van der Waals surface area contributed by atoms with E-state index >= 15 is 0 Å². The second-order valence-corrected chi connectivity index (χ2v) is 8.51. The van der Waals surface area contributed by atoms with Crippen LogP contribution in [-0.2, 0) is 13.0 Å². The molecule has 2 heteroatoms. The minimum absolute atomic E-state index is 0.769. The summed E-state index contributed by atoms with van der Waals surface area (Å²) in [5, 5.41) is 0. The van der Waals surface area contributed by atoms with E-state index < -0.39 is 0 Å². The summed E-state index contributed by atoms with van der Waals surface area (Å²) in [5.41, 5.74) is 1.44. The molecule has 0 bridgehead atoms. The molecule has 0 radical (unpaired) electrons.